The van der Waals surface area contributed by atoms with Crippen molar-refractivity contribution in [2.75, 3.05) is 20.2 Å². The number of halogens is 1. The number of rotatable bonds is 7. The molecule has 0 unspecified atom stereocenters. The van der Waals surface area contributed by atoms with Gasteiger partial charge in [0.2, 0.25) is 15.9 Å². The van der Waals surface area contributed by atoms with Crippen molar-refractivity contribution in [2.45, 2.75) is 50.0 Å². The number of hydrogen-bond acceptors (Lipinski definition) is 4. The second-order valence-electron chi connectivity index (χ2n) is 6.19. The Balaban J connectivity index is 2.02. The molecule has 1 aromatic carbocycles. The number of nitrogens with zero attached hydrogens (tertiary/aromatic N) is 1. The maximum atomic E-state index is 12.6. The van der Waals surface area contributed by atoms with Gasteiger partial charge in [0.1, 0.15) is 5.75 Å². The number of amides is 1. The molecular weight excluding hydrogens is 364 g/mol. The largest absolute Gasteiger partial charge is 0.492 e. The minimum absolute atomic E-state index is 0.0360. The van der Waals surface area contributed by atoms with Crippen LogP contribution in [0.25, 0.3) is 0 Å². The van der Waals surface area contributed by atoms with Gasteiger partial charge in [-0.2, -0.15) is 4.31 Å². The highest BCUT2D eigenvalue weighted by molar-refractivity contribution is 7.89. The average molecular weight is 389 g/mol. The lowest BCUT2D eigenvalue weighted by atomic mass is 9.95. The molecule has 0 radical (unpaired) electrons. The van der Waals surface area contributed by atoms with E-state index in [0.29, 0.717) is 12.4 Å². The van der Waals surface area contributed by atoms with Crippen molar-refractivity contribution in [3.8, 4) is 5.75 Å². The van der Waals surface area contributed by atoms with Crippen molar-refractivity contribution in [1.29, 1.82) is 0 Å². The van der Waals surface area contributed by atoms with Gasteiger partial charge in [0.15, 0.2) is 0 Å². The molecule has 1 N–H and O–H groups in total. The van der Waals surface area contributed by atoms with Crippen LogP contribution in [0.4, 0.5) is 0 Å². The summed E-state index contributed by atoms with van der Waals surface area (Å²) in [6.07, 6.45) is 5.31. The third kappa shape index (κ3) is 5.33. The number of benzene rings is 1. The molecule has 1 fully saturated rings. The Kier molecular flexibility index (Phi) is 7.10. The van der Waals surface area contributed by atoms with Gasteiger partial charge in [0, 0.05) is 13.1 Å². The molecule has 0 aromatic heterocycles. The van der Waals surface area contributed by atoms with E-state index < -0.39 is 10.0 Å². The highest BCUT2D eigenvalue weighted by Gasteiger charge is 2.25. The molecule has 0 spiro atoms. The van der Waals surface area contributed by atoms with Crippen LogP contribution in [0.3, 0.4) is 0 Å². The van der Waals surface area contributed by atoms with E-state index in [1.807, 2.05) is 6.92 Å². The molecule has 25 heavy (non-hydrogen) atoms. The summed E-state index contributed by atoms with van der Waals surface area (Å²) in [7, 11) is -2.41. The van der Waals surface area contributed by atoms with Crippen LogP contribution in [0.15, 0.2) is 23.1 Å². The SMILES string of the molecule is CCOc1ccc(S(=O)(=O)N(C)CC(=O)NC2CCCCC2)cc1Cl. The van der Waals surface area contributed by atoms with E-state index in [4.69, 9.17) is 16.3 Å². The molecule has 1 aromatic rings. The van der Waals surface area contributed by atoms with Crippen molar-refractivity contribution in [3.63, 3.8) is 0 Å². The van der Waals surface area contributed by atoms with Gasteiger partial charge in [-0.15, -0.1) is 0 Å². The first-order chi connectivity index (χ1) is 11.8. The molecule has 0 bridgehead atoms. The number of carbonyl (C=O) groups is 1. The smallest absolute Gasteiger partial charge is 0.243 e. The van der Waals surface area contributed by atoms with Crippen LogP contribution in [0, 0.1) is 0 Å². The first-order valence-corrected chi connectivity index (χ1v) is 10.3. The molecule has 0 aliphatic heterocycles. The van der Waals surface area contributed by atoms with Gasteiger partial charge in [-0.25, -0.2) is 8.42 Å². The minimum atomic E-state index is -3.80. The first kappa shape index (κ1) is 20.0. The molecule has 1 aliphatic rings. The Morgan fingerprint density at radius 3 is 2.60 bits per heavy atom. The van der Waals surface area contributed by atoms with Crippen molar-refractivity contribution in [3.05, 3.63) is 23.2 Å². The first-order valence-electron chi connectivity index (χ1n) is 8.52. The highest BCUT2D eigenvalue weighted by atomic mass is 35.5. The summed E-state index contributed by atoms with van der Waals surface area (Å²) < 4.78 is 31.6. The maximum Gasteiger partial charge on any atom is 0.243 e. The van der Waals surface area contributed by atoms with Crippen LogP contribution < -0.4 is 10.1 Å². The molecule has 0 saturated heterocycles. The highest BCUT2D eigenvalue weighted by Crippen LogP contribution is 2.28. The molecule has 140 valence electrons. The molecule has 0 atom stereocenters. The fourth-order valence-corrected chi connectivity index (χ4v) is 4.36. The van der Waals surface area contributed by atoms with Crippen LogP contribution in [-0.2, 0) is 14.8 Å². The Labute approximate surface area is 154 Å². The van der Waals surface area contributed by atoms with Crippen LogP contribution in [0.5, 0.6) is 5.75 Å². The van der Waals surface area contributed by atoms with Gasteiger partial charge in [-0.05, 0) is 38.0 Å². The molecule has 1 aliphatic carbocycles. The number of nitrogens with one attached hydrogen (secondary N) is 1. The summed E-state index contributed by atoms with van der Waals surface area (Å²) in [6, 6.07) is 4.45. The standard InChI is InChI=1S/C17H25ClN2O4S/c1-3-24-16-10-9-14(11-15(16)18)25(22,23)20(2)12-17(21)19-13-7-5-4-6-8-13/h9-11,13H,3-8,12H2,1-2H3,(H,19,21). The number of sulfonamides is 1. The van der Waals surface area contributed by atoms with Gasteiger partial charge in [-0.1, -0.05) is 30.9 Å². The molecule has 1 saturated carbocycles. The fraction of sp³-hybridized carbons (Fsp3) is 0.588. The van der Waals surface area contributed by atoms with E-state index in [9.17, 15) is 13.2 Å². The van der Waals surface area contributed by atoms with Gasteiger partial charge < -0.3 is 10.1 Å². The summed E-state index contributed by atoms with van der Waals surface area (Å²) in [6.45, 7) is 2.04. The van der Waals surface area contributed by atoms with Gasteiger partial charge in [-0.3, -0.25) is 4.79 Å². The average Bonchev–Trinajstić information content (AvgIpc) is 2.57. The Morgan fingerprint density at radius 2 is 2.00 bits per heavy atom. The van der Waals surface area contributed by atoms with Crippen molar-refractivity contribution >= 4 is 27.5 Å². The number of carbonyl (C=O) groups excluding carboxylic acids is 1. The normalized spacial score (nSPS) is 16.0. The van der Waals surface area contributed by atoms with Gasteiger partial charge in [0.05, 0.1) is 23.1 Å². The van der Waals surface area contributed by atoms with Gasteiger partial charge in [0.25, 0.3) is 0 Å². The molecule has 8 heteroatoms. The zero-order valence-electron chi connectivity index (χ0n) is 14.6. The van der Waals surface area contributed by atoms with Crippen LogP contribution >= 0.6 is 11.6 Å². The third-order valence-electron chi connectivity index (χ3n) is 4.25. The van der Waals surface area contributed by atoms with Gasteiger partial charge >= 0.3 is 0 Å². The Hall–Kier alpha value is -1.31. The molecular formula is C17H25ClN2O4S. The number of hydrogen-bond donors (Lipinski definition) is 1. The van der Waals surface area contributed by atoms with Crippen molar-refractivity contribution in [1.82, 2.24) is 9.62 Å². The molecule has 0 heterocycles. The third-order valence-corrected chi connectivity index (χ3v) is 6.34. The lowest BCUT2D eigenvalue weighted by molar-refractivity contribution is -0.122. The maximum absolute atomic E-state index is 12.6. The Bertz CT molecular complexity index is 703. The Morgan fingerprint density at radius 1 is 1.32 bits per heavy atom. The summed E-state index contributed by atoms with van der Waals surface area (Å²) in [5.74, 6) is 0.149. The van der Waals surface area contributed by atoms with Crippen LogP contribution in [0.2, 0.25) is 5.02 Å². The van der Waals surface area contributed by atoms with E-state index in [2.05, 4.69) is 5.32 Å². The number of ether oxygens (including phenoxy) is 1. The van der Waals surface area contributed by atoms with E-state index >= 15 is 0 Å². The fourth-order valence-electron chi connectivity index (χ4n) is 2.90. The van der Waals surface area contributed by atoms with E-state index in [1.54, 1.807) is 0 Å². The molecule has 2 rings (SSSR count). The molecule has 1 amide bonds. The molecule has 6 nitrogen and oxygen atoms in total. The predicted molar refractivity (Wildman–Crippen MR) is 97.5 cm³/mol. The summed E-state index contributed by atoms with van der Waals surface area (Å²) in [5, 5.41) is 3.14. The zero-order chi connectivity index (χ0) is 18.4. The second-order valence-corrected chi connectivity index (χ2v) is 8.64. The topological polar surface area (TPSA) is 75.7 Å². The second kappa shape index (κ2) is 8.87. The minimum Gasteiger partial charge on any atom is -0.492 e. The zero-order valence-corrected chi connectivity index (χ0v) is 16.2. The van der Waals surface area contributed by atoms with E-state index in [0.717, 1.165) is 30.0 Å². The summed E-state index contributed by atoms with van der Waals surface area (Å²) in [5.41, 5.74) is 0. The van der Waals surface area contributed by atoms with E-state index in [1.165, 1.54) is 31.7 Å². The predicted octanol–water partition coefficient (Wildman–Crippen LogP) is 2.81. The lowest BCUT2D eigenvalue weighted by Gasteiger charge is -2.24. The summed E-state index contributed by atoms with van der Waals surface area (Å²) >= 11 is 6.07. The number of likely N-dealkylation sites (N-methyl/N-ethyl adjacent to an activating group) is 1. The van der Waals surface area contributed by atoms with Crippen LogP contribution in [0.1, 0.15) is 39.0 Å². The quantitative estimate of drug-likeness (QED) is 0.779. The van der Waals surface area contributed by atoms with Crippen molar-refractivity contribution < 1.29 is 17.9 Å². The summed E-state index contributed by atoms with van der Waals surface area (Å²) in [4.78, 5) is 12.2. The monoisotopic (exact) mass is 388 g/mol. The lowest BCUT2D eigenvalue weighted by Crippen LogP contribution is -2.43. The van der Waals surface area contributed by atoms with E-state index in [-0.39, 0.29) is 28.4 Å². The van der Waals surface area contributed by atoms with Crippen LogP contribution in [-0.4, -0.2) is 44.9 Å². The van der Waals surface area contributed by atoms with Crippen molar-refractivity contribution in [2.24, 2.45) is 0 Å².